The maximum atomic E-state index is 13.1. The molecule has 0 N–H and O–H groups in total. The van der Waals surface area contributed by atoms with Crippen LogP contribution in [0.2, 0.25) is 0 Å². The van der Waals surface area contributed by atoms with E-state index in [4.69, 9.17) is 4.74 Å². The predicted molar refractivity (Wildman–Crippen MR) is 92.1 cm³/mol. The number of aromatic nitrogens is 2. The van der Waals surface area contributed by atoms with Gasteiger partial charge in [-0.05, 0) is 44.4 Å². The van der Waals surface area contributed by atoms with E-state index in [-0.39, 0.29) is 5.82 Å². The second kappa shape index (κ2) is 7.90. The summed E-state index contributed by atoms with van der Waals surface area (Å²) in [6.07, 6.45) is 4.68. The van der Waals surface area contributed by atoms with E-state index >= 15 is 0 Å². The number of halogens is 1. The summed E-state index contributed by atoms with van der Waals surface area (Å²) in [6, 6.07) is 6.78. The van der Waals surface area contributed by atoms with Crippen molar-refractivity contribution in [1.82, 2.24) is 14.7 Å². The lowest BCUT2D eigenvalue weighted by atomic mass is 10.1. The summed E-state index contributed by atoms with van der Waals surface area (Å²) in [5.41, 5.74) is 3.44. The number of nitrogens with zero attached hydrogens (tertiary/aromatic N) is 3. The van der Waals surface area contributed by atoms with Gasteiger partial charge in [-0.1, -0.05) is 12.1 Å². The fourth-order valence-corrected chi connectivity index (χ4v) is 3.23. The Morgan fingerprint density at radius 2 is 2.08 bits per heavy atom. The highest BCUT2D eigenvalue weighted by Crippen LogP contribution is 2.18. The van der Waals surface area contributed by atoms with E-state index in [0.717, 1.165) is 56.9 Å². The summed E-state index contributed by atoms with van der Waals surface area (Å²) in [7, 11) is 0. The molecule has 4 nitrogen and oxygen atoms in total. The van der Waals surface area contributed by atoms with Crippen molar-refractivity contribution >= 4 is 0 Å². The molecule has 2 aromatic rings. The molecule has 0 aliphatic carbocycles. The first kappa shape index (κ1) is 17.1. The Kier molecular flexibility index (Phi) is 5.63. The van der Waals surface area contributed by atoms with Gasteiger partial charge in [0.25, 0.3) is 0 Å². The van der Waals surface area contributed by atoms with Crippen LogP contribution >= 0.6 is 0 Å². The minimum Gasteiger partial charge on any atom is -0.377 e. The zero-order chi connectivity index (χ0) is 16.9. The first-order valence-electron chi connectivity index (χ1n) is 8.75. The zero-order valence-corrected chi connectivity index (χ0v) is 14.5. The second-order valence-electron chi connectivity index (χ2n) is 6.53. The predicted octanol–water partition coefficient (Wildman–Crippen LogP) is 3.53. The lowest BCUT2D eigenvalue weighted by Crippen LogP contribution is -2.31. The summed E-state index contributed by atoms with van der Waals surface area (Å²) in [5.74, 6) is -0.190. The molecule has 1 aliphatic rings. The fraction of sp³-hybridized carbons (Fsp3) is 0.526. The van der Waals surface area contributed by atoms with Gasteiger partial charge in [-0.15, -0.1) is 0 Å². The molecule has 0 spiro atoms. The second-order valence-corrected chi connectivity index (χ2v) is 6.53. The average molecular weight is 331 g/mol. The van der Waals surface area contributed by atoms with E-state index in [1.54, 1.807) is 0 Å². The van der Waals surface area contributed by atoms with Gasteiger partial charge in [-0.3, -0.25) is 9.58 Å². The van der Waals surface area contributed by atoms with Crippen molar-refractivity contribution in [2.75, 3.05) is 13.2 Å². The molecule has 0 bridgehead atoms. The molecule has 0 saturated carbocycles. The molecule has 1 aliphatic heterocycles. The molecule has 1 aromatic carbocycles. The lowest BCUT2D eigenvalue weighted by Gasteiger charge is -2.25. The Bertz CT molecular complexity index is 647. The van der Waals surface area contributed by atoms with Gasteiger partial charge in [0.05, 0.1) is 11.8 Å². The largest absolute Gasteiger partial charge is 0.377 e. The molecule has 5 heteroatoms. The van der Waals surface area contributed by atoms with E-state index in [9.17, 15) is 4.39 Å². The molecule has 1 aromatic heterocycles. The van der Waals surface area contributed by atoms with Gasteiger partial charge in [0.2, 0.25) is 0 Å². The van der Waals surface area contributed by atoms with Crippen LogP contribution in [0.3, 0.4) is 0 Å². The van der Waals surface area contributed by atoms with Crippen molar-refractivity contribution in [1.29, 1.82) is 0 Å². The molecule has 1 atom stereocenters. The SMILES string of the molecule is CCn1cc(CN(Cc2ccc(F)cc2)C[C@@H]2CCCO2)c(C)n1. The molecule has 0 amide bonds. The fourth-order valence-electron chi connectivity index (χ4n) is 3.23. The van der Waals surface area contributed by atoms with Crippen LogP contribution in [-0.4, -0.2) is 33.9 Å². The standard InChI is InChI=1S/C19H26FN3O/c1-3-23-13-17(15(2)21-23)12-22(14-19-5-4-10-24-19)11-16-6-8-18(20)9-7-16/h6-9,13,19H,3-5,10-12,14H2,1-2H3/t19-/m0/s1. The van der Waals surface area contributed by atoms with E-state index in [0.29, 0.717) is 6.10 Å². The summed E-state index contributed by atoms with van der Waals surface area (Å²) in [4.78, 5) is 2.38. The van der Waals surface area contributed by atoms with Gasteiger partial charge in [0.1, 0.15) is 5.82 Å². The Labute approximate surface area is 143 Å². The first-order chi connectivity index (χ1) is 11.6. The van der Waals surface area contributed by atoms with Crippen LogP contribution in [0.25, 0.3) is 0 Å². The third-order valence-corrected chi connectivity index (χ3v) is 4.57. The molecule has 3 rings (SSSR count). The van der Waals surface area contributed by atoms with E-state index in [1.807, 2.05) is 16.8 Å². The van der Waals surface area contributed by atoms with E-state index in [1.165, 1.54) is 17.7 Å². The normalized spacial score (nSPS) is 17.8. The number of hydrogen-bond donors (Lipinski definition) is 0. The van der Waals surface area contributed by atoms with Crippen molar-refractivity contribution in [3.63, 3.8) is 0 Å². The molecule has 130 valence electrons. The van der Waals surface area contributed by atoms with Crippen molar-refractivity contribution in [2.45, 2.75) is 52.4 Å². The first-order valence-corrected chi connectivity index (χ1v) is 8.75. The Morgan fingerprint density at radius 1 is 1.29 bits per heavy atom. The maximum absolute atomic E-state index is 13.1. The minimum absolute atomic E-state index is 0.190. The third-order valence-electron chi connectivity index (χ3n) is 4.57. The van der Waals surface area contributed by atoms with Crippen LogP contribution < -0.4 is 0 Å². The number of benzene rings is 1. The van der Waals surface area contributed by atoms with Crippen LogP contribution in [0.5, 0.6) is 0 Å². The third kappa shape index (κ3) is 4.42. The van der Waals surface area contributed by atoms with Crippen molar-refractivity contribution in [3.8, 4) is 0 Å². The van der Waals surface area contributed by atoms with Crippen LogP contribution in [0.15, 0.2) is 30.5 Å². The van der Waals surface area contributed by atoms with E-state index in [2.05, 4.69) is 30.0 Å². The molecule has 0 unspecified atom stereocenters. The molecule has 0 radical (unpaired) electrons. The van der Waals surface area contributed by atoms with Gasteiger partial charge in [0.15, 0.2) is 0 Å². The number of hydrogen-bond acceptors (Lipinski definition) is 3. The van der Waals surface area contributed by atoms with Crippen molar-refractivity contribution in [2.24, 2.45) is 0 Å². The molecule has 24 heavy (non-hydrogen) atoms. The number of aryl methyl sites for hydroxylation is 2. The summed E-state index contributed by atoms with van der Waals surface area (Å²) >= 11 is 0. The Hall–Kier alpha value is -1.72. The van der Waals surface area contributed by atoms with Gasteiger partial charge < -0.3 is 4.74 Å². The van der Waals surface area contributed by atoms with Crippen LogP contribution in [0.1, 0.15) is 36.6 Å². The summed E-state index contributed by atoms with van der Waals surface area (Å²) in [5, 5.41) is 4.54. The van der Waals surface area contributed by atoms with Gasteiger partial charge in [0, 0.05) is 44.5 Å². The topological polar surface area (TPSA) is 30.3 Å². The van der Waals surface area contributed by atoms with Crippen LogP contribution in [-0.2, 0) is 24.4 Å². The van der Waals surface area contributed by atoms with Gasteiger partial charge in [-0.2, -0.15) is 5.10 Å². The highest BCUT2D eigenvalue weighted by atomic mass is 19.1. The number of ether oxygens (including phenoxy) is 1. The average Bonchev–Trinajstić information content (AvgIpc) is 3.20. The monoisotopic (exact) mass is 331 g/mol. The molecule has 1 saturated heterocycles. The van der Waals surface area contributed by atoms with Crippen LogP contribution in [0.4, 0.5) is 4.39 Å². The summed E-state index contributed by atoms with van der Waals surface area (Å²) in [6.45, 7) is 8.42. The van der Waals surface area contributed by atoms with Crippen molar-refractivity contribution in [3.05, 3.63) is 53.1 Å². The van der Waals surface area contributed by atoms with Crippen molar-refractivity contribution < 1.29 is 9.13 Å². The van der Waals surface area contributed by atoms with E-state index < -0.39 is 0 Å². The maximum Gasteiger partial charge on any atom is 0.123 e. The highest BCUT2D eigenvalue weighted by Gasteiger charge is 2.20. The Balaban J connectivity index is 1.72. The lowest BCUT2D eigenvalue weighted by molar-refractivity contribution is 0.0678. The Morgan fingerprint density at radius 3 is 2.71 bits per heavy atom. The van der Waals surface area contributed by atoms with Gasteiger partial charge >= 0.3 is 0 Å². The highest BCUT2D eigenvalue weighted by molar-refractivity contribution is 5.18. The molecular weight excluding hydrogens is 305 g/mol. The smallest absolute Gasteiger partial charge is 0.123 e. The van der Waals surface area contributed by atoms with Gasteiger partial charge in [-0.25, -0.2) is 4.39 Å². The minimum atomic E-state index is -0.190. The molecule has 1 fully saturated rings. The zero-order valence-electron chi connectivity index (χ0n) is 14.5. The quantitative estimate of drug-likeness (QED) is 0.777. The summed E-state index contributed by atoms with van der Waals surface area (Å²) < 4.78 is 20.9. The molecule has 2 heterocycles. The number of rotatable bonds is 7. The van der Waals surface area contributed by atoms with Crippen LogP contribution in [0, 0.1) is 12.7 Å². The molecular formula is C19H26FN3O.